The van der Waals surface area contributed by atoms with Crippen molar-refractivity contribution in [2.45, 2.75) is 36.6 Å². The van der Waals surface area contributed by atoms with Crippen molar-refractivity contribution in [1.82, 2.24) is 4.31 Å². The smallest absolute Gasteiger partial charge is 0.327 e. The minimum atomic E-state index is -3.85. The topological polar surface area (TPSA) is 72.9 Å². The maximum absolute atomic E-state index is 13.4. The van der Waals surface area contributed by atoms with E-state index in [0.717, 1.165) is 11.1 Å². The fourth-order valence-corrected chi connectivity index (χ4v) is 5.11. The molecule has 6 nitrogen and oxygen atoms in total. The molecular formula is C21H25NO5S. The first kappa shape index (κ1) is 20.4. The maximum Gasteiger partial charge on any atom is 0.327 e. The number of sulfonamides is 1. The van der Waals surface area contributed by atoms with Crippen molar-refractivity contribution in [2.75, 3.05) is 20.8 Å². The third kappa shape index (κ3) is 3.91. The van der Waals surface area contributed by atoms with Gasteiger partial charge in [-0.3, -0.25) is 4.79 Å². The number of nitrogens with zero attached hydrogens (tertiary/aromatic N) is 1. The molecule has 1 saturated carbocycles. The number of carbonyl (C=O) groups is 1. The highest BCUT2D eigenvalue weighted by molar-refractivity contribution is 7.89. The molecule has 0 aromatic heterocycles. The van der Waals surface area contributed by atoms with E-state index in [-0.39, 0.29) is 11.4 Å². The highest BCUT2D eigenvalue weighted by Crippen LogP contribution is 2.45. The zero-order valence-electron chi connectivity index (χ0n) is 16.3. The van der Waals surface area contributed by atoms with Crippen molar-refractivity contribution >= 4 is 16.0 Å². The second-order valence-electron chi connectivity index (χ2n) is 7.01. The third-order valence-corrected chi connectivity index (χ3v) is 7.09. The largest absolute Gasteiger partial charge is 0.497 e. The van der Waals surface area contributed by atoms with E-state index in [4.69, 9.17) is 9.47 Å². The Morgan fingerprint density at radius 1 is 1.11 bits per heavy atom. The van der Waals surface area contributed by atoms with Crippen LogP contribution in [0, 0.1) is 6.92 Å². The summed E-state index contributed by atoms with van der Waals surface area (Å²) in [6.07, 6.45) is 1.38. The number of rotatable bonds is 8. The molecule has 1 aliphatic rings. The second kappa shape index (κ2) is 7.93. The van der Waals surface area contributed by atoms with Crippen molar-refractivity contribution in [3.8, 4) is 5.75 Å². The van der Waals surface area contributed by atoms with Gasteiger partial charge in [-0.15, -0.1) is 0 Å². The summed E-state index contributed by atoms with van der Waals surface area (Å²) in [4.78, 5) is 12.6. The minimum Gasteiger partial charge on any atom is -0.497 e. The van der Waals surface area contributed by atoms with Crippen LogP contribution in [0.5, 0.6) is 5.75 Å². The Morgan fingerprint density at radius 3 is 2.36 bits per heavy atom. The van der Waals surface area contributed by atoms with Crippen LogP contribution in [0.2, 0.25) is 0 Å². The quantitative estimate of drug-likeness (QED) is 0.634. The summed E-state index contributed by atoms with van der Waals surface area (Å²) in [5, 5.41) is 0. The van der Waals surface area contributed by atoms with Crippen LogP contribution in [0.1, 0.15) is 24.0 Å². The minimum absolute atomic E-state index is 0.179. The van der Waals surface area contributed by atoms with Gasteiger partial charge in [-0.25, -0.2) is 8.42 Å². The van der Waals surface area contributed by atoms with E-state index < -0.39 is 21.5 Å². The Morgan fingerprint density at radius 2 is 1.79 bits per heavy atom. The van der Waals surface area contributed by atoms with Gasteiger partial charge in [-0.05, 0) is 56.0 Å². The van der Waals surface area contributed by atoms with Gasteiger partial charge in [-0.1, -0.05) is 29.8 Å². The summed E-state index contributed by atoms with van der Waals surface area (Å²) in [5.74, 6) is 0.202. The number of benzene rings is 2. The molecule has 3 rings (SSSR count). The molecule has 0 unspecified atom stereocenters. The van der Waals surface area contributed by atoms with Gasteiger partial charge in [0, 0.05) is 6.54 Å². The van der Waals surface area contributed by atoms with Crippen LogP contribution in [0.25, 0.3) is 0 Å². The van der Waals surface area contributed by atoms with Crippen LogP contribution < -0.4 is 4.74 Å². The summed E-state index contributed by atoms with van der Waals surface area (Å²) in [6, 6.07) is 14.1. The van der Waals surface area contributed by atoms with Gasteiger partial charge >= 0.3 is 5.97 Å². The lowest BCUT2D eigenvalue weighted by Crippen LogP contribution is -2.48. The van der Waals surface area contributed by atoms with E-state index >= 15 is 0 Å². The lowest BCUT2D eigenvalue weighted by atomic mass is 10.1. The van der Waals surface area contributed by atoms with Crippen LogP contribution in [-0.4, -0.2) is 45.0 Å². The Kier molecular flexibility index (Phi) is 5.76. The molecule has 0 spiro atoms. The normalized spacial score (nSPS) is 15.3. The van der Waals surface area contributed by atoms with Gasteiger partial charge in [0.05, 0.1) is 19.1 Å². The van der Waals surface area contributed by atoms with Gasteiger partial charge in [0.25, 0.3) is 0 Å². The number of aryl methyl sites for hydroxylation is 1. The lowest BCUT2D eigenvalue weighted by molar-refractivity contribution is -0.146. The molecule has 1 fully saturated rings. The maximum atomic E-state index is 13.4. The fraction of sp³-hybridized carbons (Fsp3) is 0.381. The molecule has 0 bridgehead atoms. The van der Waals surface area contributed by atoms with Gasteiger partial charge < -0.3 is 9.47 Å². The molecule has 0 atom stereocenters. The van der Waals surface area contributed by atoms with E-state index in [0.29, 0.717) is 25.0 Å². The van der Waals surface area contributed by atoms with Gasteiger partial charge in [0.1, 0.15) is 11.3 Å². The molecule has 0 radical (unpaired) electrons. The van der Waals surface area contributed by atoms with E-state index in [9.17, 15) is 13.2 Å². The first-order valence-electron chi connectivity index (χ1n) is 9.14. The SMILES string of the molecule is COC(=O)C1(N(CCc2cccc(OC)c2)S(=O)(=O)c2ccc(C)cc2)CC1. The van der Waals surface area contributed by atoms with E-state index in [2.05, 4.69) is 0 Å². The zero-order chi connectivity index (χ0) is 20.4. The molecule has 28 heavy (non-hydrogen) atoms. The summed E-state index contributed by atoms with van der Waals surface area (Å²) in [5.41, 5.74) is 0.789. The molecule has 2 aromatic carbocycles. The summed E-state index contributed by atoms with van der Waals surface area (Å²) >= 11 is 0. The Bertz CT molecular complexity index is 949. The number of ether oxygens (including phenoxy) is 2. The first-order chi connectivity index (χ1) is 13.3. The van der Waals surface area contributed by atoms with Crippen LogP contribution in [-0.2, 0) is 26.0 Å². The van der Waals surface area contributed by atoms with Crippen molar-refractivity contribution < 1.29 is 22.7 Å². The molecule has 7 heteroatoms. The Hall–Kier alpha value is -2.38. The van der Waals surface area contributed by atoms with Crippen molar-refractivity contribution in [2.24, 2.45) is 0 Å². The predicted molar refractivity (Wildman–Crippen MR) is 106 cm³/mol. The van der Waals surface area contributed by atoms with Crippen LogP contribution in [0.3, 0.4) is 0 Å². The molecule has 0 N–H and O–H groups in total. The van der Waals surface area contributed by atoms with Crippen LogP contribution >= 0.6 is 0 Å². The molecule has 0 heterocycles. The van der Waals surface area contributed by atoms with Gasteiger partial charge in [0.2, 0.25) is 10.0 Å². The highest BCUT2D eigenvalue weighted by atomic mass is 32.2. The average molecular weight is 404 g/mol. The van der Waals surface area contributed by atoms with Crippen LogP contribution in [0.15, 0.2) is 53.4 Å². The summed E-state index contributed by atoms with van der Waals surface area (Å²) in [6.45, 7) is 2.08. The van der Waals surface area contributed by atoms with Crippen molar-refractivity contribution in [1.29, 1.82) is 0 Å². The second-order valence-corrected chi connectivity index (χ2v) is 8.88. The van der Waals surface area contributed by atoms with E-state index in [1.54, 1.807) is 31.4 Å². The summed E-state index contributed by atoms with van der Waals surface area (Å²) in [7, 11) is -0.973. The fourth-order valence-electron chi connectivity index (χ4n) is 3.32. The number of methoxy groups -OCH3 is 2. The molecular weight excluding hydrogens is 378 g/mol. The standard InChI is InChI=1S/C21H25NO5S/c1-16-7-9-19(10-8-16)28(24,25)22(21(12-13-21)20(23)27-3)14-11-17-5-4-6-18(15-17)26-2/h4-10,15H,11-14H2,1-3H3. The van der Waals surface area contributed by atoms with Gasteiger partial charge in [0.15, 0.2) is 0 Å². The number of carbonyl (C=O) groups excluding carboxylic acids is 1. The third-order valence-electron chi connectivity index (χ3n) is 5.11. The van der Waals surface area contributed by atoms with E-state index in [1.165, 1.54) is 11.4 Å². The van der Waals surface area contributed by atoms with E-state index in [1.807, 2.05) is 31.2 Å². The first-order valence-corrected chi connectivity index (χ1v) is 10.6. The van der Waals surface area contributed by atoms with Crippen LogP contribution in [0.4, 0.5) is 0 Å². The molecule has 0 amide bonds. The predicted octanol–water partition coefficient (Wildman–Crippen LogP) is 2.94. The molecule has 1 aliphatic carbocycles. The van der Waals surface area contributed by atoms with Crippen molar-refractivity contribution in [3.63, 3.8) is 0 Å². The number of esters is 1. The zero-order valence-corrected chi connectivity index (χ0v) is 17.2. The Balaban J connectivity index is 1.93. The number of hydrogen-bond acceptors (Lipinski definition) is 5. The van der Waals surface area contributed by atoms with Crippen molar-refractivity contribution in [3.05, 3.63) is 59.7 Å². The number of hydrogen-bond donors (Lipinski definition) is 0. The average Bonchev–Trinajstić information content (AvgIpc) is 3.49. The molecule has 0 aliphatic heterocycles. The molecule has 0 saturated heterocycles. The molecule has 2 aromatic rings. The lowest BCUT2D eigenvalue weighted by Gasteiger charge is -2.29. The summed E-state index contributed by atoms with van der Waals surface area (Å²) < 4.78 is 38.3. The highest BCUT2D eigenvalue weighted by Gasteiger charge is 2.59. The monoisotopic (exact) mass is 403 g/mol. The Labute approximate surface area is 166 Å². The van der Waals surface area contributed by atoms with Gasteiger partial charge in [-0.2, -0.15) is 4.31 Å². The molecule has 150 valence electrons.